The van der Waals surface area contributed by atoms with Gasteiger partial charge in [-0.2, -0.15) is 13.2 Å². The second-order valence-electron chi connectivity index (χ2n) is 5.95. The molecule has 0 bridgehead atoms. The van der Waals surface area contributed by atoms with Gasteiger partial charge in [0.25, 0.3) is 0 Å². The molecule has 1 aliphatic heterocycles. The zero-order valence-electron chi connectivity index (χ0n) is 13.3. The molecule has 0 aromatic heterocycles. The van der Waals surface area contributed by atoms with E-state index in [-0.39, 0.29) is 17.9 Å². The van der Waals surface area contributed by atoms with Crippen LogP contribution in [0.5, 0.6) is 0 Å². The summed E-state index contributed by atoms with van der Waals surface area (Å²) in [4.78, 5) is 24.9. The summed E-state index contributed by atoms with van der Waals surface area (Å²) in [5, 5.41) is 2.76. The van der Waals surface area contributed by atoms with Crippen LogP contribution in [0.2, 0.25) is 0 Å². The third-order valence-corrected chi connectivity index (χ3v) is 4.26. The van der Waals surface area contributed by atoms with Crippen LogP contribution in [0.4, 0.5) is 18.0 Å². The Bertz CT molecular complexity index is 594. The summed E-state index contributed by atoms with van der Waals surface area (Å²) in [5.41, 5.74) is 5.11. The lowest BCUT2D eigenvalue weighted by atomic mass is 9.96. The van der Waals surface area contributed by atoms with Crippen molar-refractivity contribution in [2.45, 2.75) is 32.0 Å². The predicted octanol–water partition coefficient (Wildman–Crippen LogP) is 2.67. The Morgan fingerprint density at radius 3 is 2.21 bits per heavy atom. The first-order valence-electron chi connectivity index (χ1n) is 7.70. The maximum absolute atomic E-state index is 12.6. The third kappa shape index (κ3) is 4.39. The van der Waals surface area contributed by atoms with Gasteiger partial charge in [-0.25, -0.2) is 4.79 Å². The number of piperidine rings is 1. The molecule has 5 nitrogen and oxygen atoms in total. The number of hydrogen-bond acceptors (Lipinski definition) is 2. The number of carbonyl (C=O) groups is 2. The first-order chi connectivity index (χ1) is 11.2. The molecule has 2 rings (SSSR count). The molecule has 1 saturated heterocycles. The monoisotopic (exact) mass is 343 g/mol. The van der Waals surface area contributed by atoms with Crippen LogP contribution >= 0.6 is 0 Å². The largest absolute Gasteiger partial charge is 0.416 e. The maximum Gasteiger partial charge on any atom is 0.416 e. The van der Waals surface area contributed by atoms with E-state index in [0.717, 1.165) is 12.1 Å². The molecule has 24 heavy (non-hydrogen) atoms. The number of primary amides is 1. The second-order valence-corrected chi connectivity index (χ2v) is 5.95. The lowest BCUT2D eigenvalue weighted by Crippen LogP contribution is -2.46. The normalized spacial score (nSPS) is 17.4. The van der Waals surface area contributed by atoms with E-state index >= 15 is 0 Å². The standard InChI is InChI=1S/C16H20F3N3O2/c1-10(11-2-4-13(5-3-11)16(17,18)19)21-15(24)22-8-6-12(7-9-22)14(20)23/h2-5,10,12H,6-9H2,1H3,(H2,20,23)(H,21,24). The SMILES string of the molecule is CC(NC(=O)N1CCC(C(N)=O)CC1)c1ccc(C(F)(F)F)cc1. The number of rotatable bonds is 3. The van der Waals surface area contributed by atoms with E-state index in [1.165, 1.54) is 12.1 Å². The molecule has 8 heteroatoms. The van der Waals surface area contributed by atoms with Gasteiger partial charge < -0.3 is 16.0 Å². The van der Waals surface area contributed by atoms with Crippen molar-refractivity contribution in [1.82, 2.24) is 10.2 Å². The van der Waals surface area contributed by atoms with Gasteiger partial charge >= 0.3 is 12.2 Å². The molecule has 3 N–H and O–H groups in total. The Labute approximate surface area is 138 Å². The summed E-state index contributed by atoms with van der Waals surface area (Å²) in [5.74, 6) is -0.561. The second kappa shape index (κ2) is 7.11. The smallest absolute Gasteiger partial charge is 0.369 e. The van der Waals surface area contributed by atoms with E-state index in [4.69, 9.17) is 5.73 Å². The Morgan fingerprint density at radius 2 is 1.75 bits per heavy atom. The number of nitrogens with one attached hydrogen (secondary N) is 1. The van der Waals surface area contributed by atoms with Gasteiger partial charge in [0.1, 0.15) is 0 Å². The summed E-state index contributed by atoms with van der Waals surface area (Å²) in [6.45, 7) is 2.56. The molecule has 0 aliphatic carbocycles. The van der Waals surface area contributed by atoms with E-state index in [1.54, 1.807) is 11.8 Å². The van der Waals surface area contributed by atoms with E-state index < -0.39 is 17.8 Å². The van der Waals surface area contributed by atoms with Crippen LogP contribution < -0.4 is 11.1 Å². The van der Waals surface area contributed by atoms with Crippen LogP contribution in [-0.4, -0.2) is 29.9 Å². The molecule has 1 fully saturated rings. The van der Waals surface area contributed by atoms with Gasteiger partial charge in [-0.05, 0) is 37.5 Å². The Kier molecular flexibility index (Phi) is 5.36. The van der Waals surface area contributed by atoms with Gasteiger partial charge in [0.2, 0.25) is 5.91 Å². The van der Waals surface area contributed by atoms with Crippen molar-refractivity contribution in [3.63, 3.8) is 0 Å². The Morgan fingerprint density at radius 1 is 1.21 bits per heavy atom. The highest BCUT2D eigenvalue weighted by molar-refractivity contribution is 5.78. The molecule has 1 atom stereocenters. The van der Waals surface area contributed by atoms with Crippen molar-refractivity contribution in [2.24, 2.45) is 11.7 Å². The molecule has 1 heterocycles. The molecule has 0 saturated carbocycles. The summed E-state index contributed by atoms with van der Waals surface area (Å²) in [7, 11) is 0. The Balaban J connectivity index is 1.91. The minimum atomic E-state index is -4.38. The fourth-order valence-corrected chi connectivity index (χ4v) is 2.69. The van der Waals surface area contributed by atoms with Gasteiger partial charge in [0, 0.05) is 19.0 Å². The molecule has 0 spiro atoms. The van der Waals surface area contributed by atoms with Crippen LogP contribution in [0.3, 0.4) is 0 Å². The number of carbonyl (C=O) groups excluding carboxylic acids is 2. The third-order valence-electron chi connectivity index (χ3n) is 4.26. The molecule has 1 unspecified atom stereocenters. The topological polar surface area (TPSA) is 75.4 Å². The van der Waals surface area contributed by atoms with Crippen LogP contribution in [0.15, 0.2) is 24.3 Å². The molecule has 132 valence electrons. The van der Waals surface area contributed by atoms with Crippen LogP contribution in [0.1, 0.15) is 36.9 Å². The fourth-order valence-electron chi connectivity index (χ4n) is 2.69. The lowest BCUT2D eigenvalue weighted by Gasteiger charge is -2.31. The maximum atomic E-state index is 12.6. The summed E-state index contributed by atoms with van der Waals surface area (Å²) in [6, 6.07) is 3.98. The first kappa shape index (κ1) is 18.1. The van der Waals surface area contributed by atoms with Gasteiger partial charge in [-0.3, -0.25) is 4.79 Å². The zero-order chi connectivity index (χ0) is 17.9. The van der Waals surface area contributed by atoms with E-state index in [1.807, 2.05) is 0 Å². The number of halogens is 3. The van der Waals surface area contributed by atoms with Gasteiger partial charge in [-0.15, -0.1) is 0 Å². The summed E-state index contributed by atoms with van der Waals surface area (Å²) < 4.78 is 37.7. The quantitative estimate of drug-likeness (QED) is 0.885. The number of nitrogens with two attached hydrogens (primary N) is 1. The summed E-state index contributed by atoms with van der Waals surface area (Å²) in [6.07, 6.45) is -3.33. The first-order valence-corrected chi connectivity index (χ1v) is 7.70. The predicted molar refractivity (Wildman–Crippen MR) is 81.9 cm³/mol. The van der Waals surface area contributed by atoms with Crippen molar-refractivity contribution in [1.29, 1.82) is 0 Å². The number of benzene rings is 1. The minimum Gasteiger partial charge on any atom is -0.369 e. The molecule has 1 aromatic rings. The average Bonchev–Trinajstić information content (AvgIpc) is 2.54. The van der Waals surface area contributed by atoms with E-state index in [9.17, 15) is 22.8 Å². The van der Waals surface area contributed by atoms with Crippen LogP contribution in [-0.2, 0) is 11.0 Å². The minimum absolute atomic E-state index is 0.207. The molecular weight excluding hydrogens is 323 g/mol. The van der Waals surface area contributed by atoms with Crippen molar-refractivity contribution in [3.8, 4) is 0 Å². The lowest BCUT2D eigenvalue weighted by molar-refractivity contribution is -0.137. The Hall–Kier alpha value is -2.25. The van der Waals surface area contributed by atoms with Crippen molar-refractivity contribution >= 4 is 11.9 Å². The highest BCUT2D eigenvalue weighted by Crippen LogP contribution is 2.30. The van der Waals surface area contributed by atoms with Crippen LogP contribution in [0.25, 0.3) is 0 Å². The number of urea groups is 1. The van der Waals surface area contributed by atoms with Gasteiger partial charge in [-0.1, -0.05) is 12.1 Å². The van der Waals surface area contributed by atoms with Gasteiger partial charge in [0.15, 0.2) is 0 Å². The number of amides is 3. The molecule has 0 radical (unpaired) electrons. The molecule has 1 aromatic carbocycles. The highest BCUT2D eigenvalue weighted by atomic mass is 19.4. The molecule has 3 amide bonds. The number of nitrogens with zero attached hydrogens (tertiary/aromatic N) is 1. The molecular formula is C16H20F3N3O2. The summed E-state index contributed by atoms with van der Waals surface area (Å²) >= 11 is 0. The van der Waals surface area contributed by atoms with E-state index in [2.05, 4.69) is 5.32 Å². The average molecular weight is 343 g/mol. The zero-order valence-corrected chi connectivity index (χ0v) is 13.3. The van der Waals surface area contributed by atoms with Crippen LogP contribution in [0, 0.1) is 5.92 Å². The fraction of sp³-hybridized carbons (Fsp3) is 0.500. The molecule has 1 aliphatic rings. The van der Waals surface area contributed by atoms with Crippen molar-refractivity contribution < 1.29 is 22.8 Å². The highest BCUT2D eigenvalue weighted by Gasteiger charge is 2.30. The number of hydrogen-bond donors (Lipinski definition) is 2. The van der Waals surface area contributed by atoms with Crippen molar-refractivity contribution in [2.75, 3.05) is 13.1 Å². The number of likely N-dealkylation sites (tertiary alicyclic amines) is 1. The van der Waals surface area contributed by atoms with Gasteiger partial charge in [0.05, 0.1) is 11.6 Å². The van der Waals surface area contributed by atoms with E-state index in [0.29, 0.717) is 31.5 Å². The van der Waals surface area contributed by atoms with Crippen molar-refractivity contribution in [3.05, 3.63) is 35.4 Å². The number of alkyl halides is 3.